The van der Waals surface area contributed by atoms with E-state index in [1.165, 1.54) is 12.8 Å². The molecule has 2 rings (SSSR count). The van der Waals surface area contributed by atoms with Gasteiger partial charge in [0.1, 0.15) is 0 Å². The van der Waals surface area contributed by atoms with Crippen LogP contribution in [0.3, 0.4) is 0 Å². The highest BCUT2D eigenvalue weighted by molar-refractivity contribution is 6.30. The smallest absolute Gasteiger partial charge is 0.239 e. The van der Waals surface area contributed by atoms with Crippen LogP contribution in [0.5, 0.6) is 0 Å². The Labute approximate surface area is 107 Å². The Morgan fingerprint density at radius 3 is 2.94 bits per heavy atom. The normalized spacial score (nSPS) is 14.5. The van der Waals surface area contributed by atoms with Crippen molar-refractivity contribution in [3.8, 4) is 0 Å². The van der Waals surface area contributed by atoms with Gasteiger partial charge in [-0.25, -0.2) is 0 Å². The first-order valence-corrected chi connectivity index (χ1v) is 6.29. The molecule has 4 heteroatoms. The van der Waals surface area contributed by atoms with Crippen LogP contribution in [0.4, 0.5) is 5.69 Å². The molecule has 0 aliphatic heterocycles. The molecule has 92 valence electrons. The van der Waals surface area contributed by atoms with Gasteiger partial charge in [0, 0.05) is 17.3 Å². The van der Waals surface area contributed by atoms with E-state index in [4.69, 9.17) is 11.6 Å². The Hall–Kier alpha value is -1.22. The molecule has 1 fully saturated rings. The van der Waals surface area contributed by atoms with Crippen LogP contribution in [0.2, 0.25) is 5.02 Å². The minimum Gasteiger partial charge on any atom is -0.376 e. The molecule has 0 saturated heterocycles. The lowest BCUT2D eigenvalue weighted by Gasteiger charge is -2.10. The summed E-state index contributed by atoms with van der Waals surface area (Å²) in [7, 11) is 0. The molecule has 0 bridgehead atoms. The van der Waals surface area contributed by atoms with Crippen molar-refractivity contribution >= 4 is 23.2 Å². The third-order valence-electron chi connectivity index (χ3n) is 2.92. The number of rotatable bonds is 5. The summed E-state index contributed by atoms with van der Waals surface area (Å²) < 4.78 is 0. The molecule has 1 aromatic carbocycles. The van der Waals surface area contributed by atoms with Crippen LogP contribution in [-0.2, 0) is 4.79 Å². The third-order valence-corrected chi connectivity index (χ3v) is 3.16. The quantitative estimate of drug-likeness (QED) is 0.846. The molecule has 1 aliphatic rings. The Kier molecular flexibility index (Phi) is 3.89. The maximum atomic E-state index is 11.5. The molecule has 3 nitrogen and oxygen atoms in total. The highest BCUT2D eigenvalue weighted by atomic mass is 35.5. The zero-order chi connectivity index (χ0) is 12.3. The SMILES string of the molecule is Cc1ccc(Cl)cc1NCC(=O)NCC1CC1. The zero-order valence-electron chi connectivity index (χ0n) is 9.92. The Morgan fingerprint density at radius 2 is 2.24 bits per heavy atom. The van der Waals surface area contributed by atoms with Gasteiger partial charge in [0.25, 0.3) is 0 Å². The Morgan fingerprint density at radius 1 is 1.47 bits per heavy atom. The summed E-state index contributed by atoms with van der Waals surface area (Å²) >= 11 is 5.90. The van der Waals surface area contributed by atoms with Gasteiger partial charge in [-0.3, -0.25) is 4.79 Å². The summed E-state index contributed by atoms with van der Waals surface area (Å²) in [6, 6.07) is 5.62. The summed E-state index contributed by atoms with van der Waals surface area (Å²) in [5.41, 5.74) is 2.00. The number of benzene rings is 1. The zero-order valence-corrected chi connectivity index (χ0v) is 10.7. The monoisotopic (exact) mass is 252 g/mol. The first kappa shape index (κ1) is 12.2. The maximum absolute atomic E-state index is 11.5. The maximum Gasteiger partial charge on any atom is 0.239 e. The van der Waals surface area contributed by atoms with Gasteiger partial charge in [-0.05, 0) is 43.4 Å². The summed E-state index contributed by atoms with van der Waals surface area (Å²) in [5.74, 6) is 0.753. The van der Waals surface area contributed by atoms with Gasteiger partial charge in [-0.15, -0.1) is 0 Å². The van der Waals surface area contributed by atoms with Crippen LogP contribution in [0, 0.1) is 12.8 Å². The molecule has 0 aromatic heterocycles. The molecule has 0 unspecified atom stereocenters. The number of hydrogen-bond donors (Lipinski definition) is 2. The van der Waals surface area contributed by atoms with Crippen LogP contribution >= 0.6 is 11.6 Å². The van der Waals surface area contributed by atoms with E-state index in [1.54, 1.807) is 0 Å². The molecule has 17 heavy (non-hydrogen) atoms. The Bertz CT molecular complexity index is 416. The minimum atomic E-state index is 0.0382. The van der Waals surface area contributed by atoms with Gasteiger partial charge >= 0.3 is 0 Å². The second-order valence-corrected chi connectivity index (χ2v) is 5.00. The van der Waals surface area contributed by atoms with E-state index < -0.39 is 0 Å². The van der Waals surface area contributed by atoms with Gasteiger partial charge in [0.15, 0.2) is 0 Å². The number of anilines is 1. The van der Waals surface area contributed by atoms with Crippen LogP contribution in [0.15, 0.2) is 18.2 Å². The van der Waals surface area contributed by atoms with E-state index in [2.05, 4.69) is 10.6 Å². The average molecular weight is 253 g/mol. The second kappa shape index (κ2) is 5.41. The molecule has 1 aliphatic carbocycles. The summed E-state index contributed by atoms with van der Waals surface area (Å²) in [5, 5.41) is 6.69. The average Bonchev–Trinajstić information content (AvgIpc) is 3.11. The number of hydrogen-bond acceptors (Lipinski definition) is 2. The topological polar surface area (TPSA) is 41.1 Å². The van der Waals surface area contributed by atoms with E-state index in [-0.39, 0.29) is 5.91 Å². The molecule has 1 saturated carbocycles. The van der Waals surface area contributed by atoms with Crippen molar-refractivity contribution in [1.29, 1.82) is 0 Å². The lowest BCUT2D eigenvalue weighted by Crippen LogP contribution is -2.31. The standard InChI is InChI=1S/C13H17ClN2O/c1-9-2-5-11(14)6-12(9)15-8-13(17)16-7-10-3-4-10/h2,5-6,10,15H,3-4,7-8H2,1H3,(H,16,17). The lowest BCUT2D eigenvalue weighted by atomic mass is 10.2. The van der Waals surface area contributed by atoms with Gasteiger partial charge in [-0.1, -0.05) is 17.7 Å². The number of carbonyl (C=O) groups is 1. The van der Waals surface area contributed by atoms with Crippen molar-refractivity contribution in [2.45, 2.75) is 19.8 Å². The highest BCUT2D eigenvalue weighted by Gasteiger charge is 2.21. The molecule has 1 amide bonds. The Balaban J connectivity index is 1.79. The predicted octanol–water partition coefficient (Wildman–Crippen LogP) is 2.59. The van der Waals surface area contributed by atoms with Gasteiger partial charge in [0.05, 0.1) is 6.54 Å². The molecule has 0 atom stereocenters. The second-order valence-electron chi connectivity index (χ2n) is 4.56. The van der Waals surface area contributed by atoms with Crippen molar-refractivity contribution < 1.29 is 4.79 Å². The van der Waals surface area contributed by atoms with Crippen molar-refractivity contribution in [2.75, 3.05) is 18.4 Å². The summed E-state index contributed by atoms with van der Waals surface area (Å²) in [6.45, 7) is 3.10. The molecule has 0 spiro atoms. The molecule has 0 radical (unpaired) electrons. The number of nitrogens with one attached hydrogen (secondary N) is 2. The van der Waals surface area contributed by atoms with Gasteiger partial charge in [-0.2, -0.15) is 0 Å². The van der Waals surface area contributed by atoms with Crippen molar-refractivity contribution in [2.24, 2.45) is 5.92 Å². The summed E-state index contributed by atoms with van der Waals surface area (Å²) in [6.07, 6.45) is 2.50. The predicted molar refractivity (Wildman–Crippen MR) is 70.4 cm³/mol. The number of carbonyl (C=O) groups excluding carboxylic acids is 1. The highest BCUT2D eigenvalue weighted by Crippen LogP contribution is 2.27. The molecular formula is C13H17ClN2O. The van der Waals surface area contributed by atoms with E-state index >= 15 is 0 Å². The fourth-order valence-electron chi connectivity index (χ4n) is 1.60. The van der Waals surface area contributed by atoms with E-state index in [1.807, 2.05) is 25.1 Å². The largest absolute Gasteiger partial charge is 0.376 e. The minimum absolute atomic E-state index is 0.0382. The van der Waals surface area contributed by atoms with E-state index in [0.717, 1.165) is 17.8 Å². The summed E-state index contributed by atoms with van der Waals surface area (Å²) in [4.78, 5) is 11.5. The van der Waals surface area contributed by atoms with Gasteiger partial charge in [0.2, 0.25) is 5.91 Å². The van der Waals surface area contributed by atoms with Crippen molar-refractivity contribution in [3.63, 3.8) is 0 Å². The molecule has 2 N–H and O–H groups in total. The van der Waals surface area contributed by atoms with Crippen LogP contribution in [0.25, 0.3) is 0 Å². The molecule has 0 heterocycles. The lowest BCUT2D eigenvalue weighted by molar-refractivity contribution is -0.119. The first-order chi connectivity index (χ1) is 8.15. The number of halogens is 1. The van der Waals surface area contributed by atoms with Gasteiger partial charge < -0.3 is 10.6 Å². The first-order valence-electron chi connectivity index (χ1n) is 5.92. The van der Waals surface area contributed by atoms with Crippen LogP contribution in [0.1, 0.15) is 18.4 Å². The molecular weight excluding hydrogens is 236 g/mol. The fraction of sp³-hybridized carbons (Fsp3) is 0.462. The molecule has 1 aromatic rings. The van der Waals surface area contributed by atoms with Crippen LogP contribution in [-0.4, -0.2) is 19.0 Å². The third kappa shape index (κ3) is 3.93. The number of aryl methyl sites for hydroxylation is 1. The fourth-order valence-corrected chi connectivity index (χ4v) is 1.77. The van der Waals surface area contributed by atoms with Crippen LogP contribution < -0.4 is 10.6 Å². The number of amides is 1. The van der Waals surface area contributed by atoms with E-state index in [0.29, 0.717) is 17.5 Å². The van der Waals surface area contributed by atoms with Crippen molar-refractivity contribution in [3.05, 3.63) is 28.8 Å². The van der Waals surface area contributed by atoms with Crippen molar-refractivity contribution in [1.82, 2.24) is 5.32 Å². The van der Waals surface area contributed by atoms with E-state index in [9.17, 15) is 4.79 Å².